The number of likely N-dealkylation sites (tertiary alicyclic amines) is 1. The molecule has 5 atom stereocenters. The van der Waals surface area contributed by atoms with E-state index in [1.54, 1.807) is 27.7 Å². The monoisotopic (exact) mass is 512 g/mol. The van der Waals surface area contributed by atoms with E-state index in [0.29, 0.717) is 38.8 Å². The largest absolute Gasteiger partial charge is 0.444 e. The third-order valence-corrected chi connectivity index (χ3v) is 6.08. The van der Waals surface area contributed by atoms with Crippen molar-refractivity contribution < 1.29 is 33.8 Å². The molecule has 2 saturated heterocycles. The Morgan fingerprint density at radius 3 is 2.31 bits per heavy atom. The molecule has 0 spiro atoms. The van der Waals surface area contributed by atoms with Crippen LogP contribution in [0.3, 0.4) is 0 Å². The van der Waals surface area contributed by atoms with E-state index in [4.69, 9.17) is 9.47 Å². The van der Waals surface area contributed by atoms with Crippen LogP contribution in [-0.4, -0.2) is 88.9 Å². The number of hydrogen-bond acceptors (Lipinski definition) is 7. The SMILES string of the molecule is C[C@@H](OC(C)(C)C)[C@H](NC(=O)OC(C)(C)C)C(=O)N1CCC[C@H]1C(=O)N[C@H](CO)C[C@@H]1CCNC1=O. The van der Waals surface area contributed by atoms with Crippen LogP contribution < -0.4 is 16.0 Å². The average molecular weight is 513 g/mol. The van der Waals surface area contributed by atoms with E-state index in [-0.39, 0.29) is 18.4 Å². The first-order chi connectivity index (χ1) is 16.6. The van der Waals surface area contributed by atoms with Gasteiger partial charge in [-0.3, -0.25) is 14.4 Å². The van der Waals surface area contributed by atoms with Crippen LogP contribution in [0.25, 0.3) is 0 Å². The van der Waals surface area contributed by atoms with E-state index in [2.05, 4.69) is 16.0 Å². The first-order valence-electron chi connectivity index (χ1n) is 12.8. The van der Waals surface area contributed by atoms with E-state index in [1.165, 1.54) is 4.90 Å². The molecule has 2 fully saturated rings. The summed E-state index contributed by atoms with van der Waals surface area (Å²) in [6, 6.07) is -2.42. The molecule has 2 aliphatic rings. The second-order valence-electron chi connectivity index (χ2n) is 11.6. The fourth-order valence-electron chi connectivity index (χ4n) is 4.61. The fraction of sp³-hybridized carbons (Fsp3) is 0.840. The number of carbonyl (C=O) groups is 4. The Hall–Kier alpha value is -2.40. The Balaban J connectivity index is 2.14. The summed E-state index contributed by atoms with van der Waals surface area (Å²) in [5.41, 5.74) is -1.33. The number of nitrogens with one attached hydrogen (secondary N) is 3. The van der Waals surface area contributed by atoms with E-state index in [9.17, 15) is 24.3 Å². The lowest BCUT2D eigenvalue weighted by atomic mass is 9.98. The van der Waals surface area contributed by atoms with E-state index in [1.807, 2.05) is 20.8 Å². The van der Waals surface area contributed by atoms with Crippen molar-refractivity contribution in [1.82, 2.24) is 20.9 Å². The molecule has 0 bridgehead atoms. The van der Waals surface area contributed by atoms with Crippen molar-refractivity contribution in [1.29, 1.82) is 0 Å². The topological polar surface area (TPSA) is 146 Å². The van der Waals surface area contributed by atoms with Gasteiger partial charge in [0.2, 0.25) is 17.7 Å². The van der Waals surface area contributed by atoms with Crippen molar-refractivity contribution in [3.63, 3.8) is 0 Å². The highest BCUT2D eigenvalue weighted by molar-refractivity contribution is 5.92. The Labute approximate surface area is 214 Å². The van der Waals surface area contributed by atoms with Gasteiger partial charge in [-0.15, -0.1) is 0 Å². The molecule has 4 N–H and O–H groups in total. The summed E-state index contributed by atoms with van der Waals surface area (Å²) < 4.78 is 11.3. The standard InChI is InChI=1S/C25H44N4O7/c1-15(35-24(2,3)4)19(28-23(34)36-25(5,6)7)22(33)29-12-8-9-18(29)21(32)27-17(14-30)13-16-10-11-26-20(16)31/h15-19,30H,8-14H2,1-7H3,(H,26,31)(H,27,32)(H,28,34)/t15-,16+,17+,18+,19+/m1/s1. The number of hydrogen-bond donors (Lipinski definition) is 4. The Morgan fingerprint density at radius 2 is 1.78 bits per heavy atom. The van der Waals surface area contributed by atoms with Gasteiger partial charge in [0.05, 0.1) is 24.4 Å². The van der Waals surface area contributed by atoms with Gasteiger partial charge >= 0.3 is 6.09 Å². The molecule has 2 aliphatic heterocycles. The van der Waals surface area contributed by atoms with Crippen molar-refractivity contribution in [2.45, 2.75) is 110 Å². The van der Waals surface area contributed by atoms with Gasteiger partial charge < -0.3 is 35.4 Å². The third-order valence-electron chi connectivity index (χ3n) is 6.08. The van der Waals surface area contributed by atoms with Crippen LogP contribution in [0.4, 0.5) is 4.79 Å². The molecular formula is C25H44N4O7. The highest BCUT2D eigenvalue weighted by Crippen LogP contribution is 2.23. The number of rotatable bonds is 9. The molecule has 11 nitrogen and oxygen atoms in total. The van der Waals surface area contributed by atoms with Gasteiger partial charge in [-0.05, 0) is 74.1 Å². The van der Waals surface area contributed by atoms with Gasteiger partial charge in [0.25, 0.3) is 0 Å². The summed E-state index contributed by atoms with van der Waals surface area (Å²) in [4.78, 5) is 52.7. The van der Waals surface area contributed by atoms with E-state index >= 15 is 0 Å². The summed E-state index contributed by atoms with van der Waals surface area (Å²) in [7, 11) is 0. The van der Waals surface area contributed by atoms with Crippen molar-refractivity contribution in [3.05, 3.63) is 0 Å². The highest BCUT2D eigenvalue weighted by Gasteiger charge is 2.41. The zero-order chi connectivity index (χ0) is 27.3. The lowest BCUT2D eigenvalue weighted by Gasteiger charge is -2.35. The van der Waals surface area contributed by atoms with Gasteiger partial charge in [-0.2, -0.15) is 0 Å². The Kier molecular flexibility index (Phi) is 10.1. The zero-order valence-electron chi connectivity index (χ0n) is 22.7. The van der Waals surface area contributed by atoms with Crippen LogP contribution in [0.5, 0.6) is 0 Å². The Morgan fingerprint density at radius 1 is 1.11 bits per heavy atom. The highest BCUT2D eigenvalue weighted by atomic mass is 16.6. The number of amides is 4. The molecule has 0 aromatic heterocycles. The molecule has 0 aromatic rings. The summed E-state index contributed by atoms with van der Waals surface area (Å²) in [5, 5.41) is 18.0. The predicted octanol–water partition coefficient (Wildman–Crippen LogP) is 1.08. The van der Waals surface area contributed by atoms with Crippen LogP contribution in [0.1, 0.15) is 74.1 Å². The van der Waals surface area contributed by atoms with E-state index < -0.39 is 53.3 Å². The third kappa shape index (κ3) is 8.92. The molecule has 0 aromatic carbocycles. The maximum atomic E-state index is 13.7. The summed E-state index contributed by atoms with van der Waals surface area (Å²) in [6.07, 6.45) is 0.609. The molecule has 0 radical (unpaired) electrons. The van der Waals surface area contributed by atoms with Crippen molar-refractivity contribution in [2.75, 3.05) is 19.7 Å². The van der Waals surface area contributed by atoms with Crippen LogP contribution >= 0.6 is 0 Å². The minimum absolute atomic E-state index is 0.0794. The van der Waals surface area contributed by atoms with Crippen LogP contribution in [-0.2, 0) is 23.9 Å². The lowest BCUT2D eigenvalue weighted by Crippen LogP contribution is -2.59. The summed E-state index contributed by atoms with van der Waals surface area (Å²) in [6.45, 7) is 13.1. The number of nitrogens with zero attached hydrogens (tertiary/aromatic N) is 1. The average Bonchev–Trinajstić information content (AvgIpc) is 3.37. The summed E-state index contributed by atoms with van der Waals surface area (Å²) >= 11 is 0. The number of carbonyl (C=O) groups excluding carboxylic acids is 4. The minimum Gasteiger partial charge on any atom is -0.444 e. The van der Waals surface area contributed by atoms with E-state index in [0.717, 1.165) is 0 Å². The van der Waals surface area contributed by atoms with Crippen molar-refractivity contribution in [2.24, 2.45) is 5.92 Å². The predicted molar refractivity (Wildman–Crippen MR) is 133 cm³/mol. The van der Waals surface area contributed by atoms with Gasteiger partial charge in [-0.25, -0.2) is 4.79 Å². The van der Waals surface area contributed by atoms with Crippen LogP contribution in [0.15, 0.2) is 0 Å². The molecule has 0 saturated carbocycles. The molecule has 206 valence electrons. The van der Waals surface area contributed by atoms with Crippen LogP contribution in [0, 0.1) is 5.92 Å². The van der Waals surface area contributed by atoms with Crippen LogP contribution in [0.2, 0.25) is 0 Å². The summed E-state index contributed by atoms with van der Waals surface area (Å²) in [5.74, 6) is -1.17. The Bertz CT molecular complexity index is 805. The maximum absolute atomic E-state index is 13.7. The lowest BCUT2D eigenvalue weighted by molar-refractivity contribution is -0.146. The first kappa shape index (κ1) is 29.8. The second kappa shape index (κ2) is 12.2. The van der Waals surface area contributed by atoms with Gasteiger partial charge in [0.1, 0.15) is 17.7 Å². The fourth-order valence-corrected chi connectivity index (χ4v) is 4.61. The normalized spacial score (nSPS) is 23.0. The molecule has 11 heteroatoms. The number of aliphatic hydroxyl groups is 1. The molecule has 4 amide bonds. The first-order valence-corrected chi connectivity index (χ1v) is 12.8. The number of aliphatic hydroxyl groups excluding tert-OH is 1. The smallest absolute Gasteiger partial charge is 0.408 e. The molecule has 36 heavy (non-hydrogen) atoms. The minimum atomic E-state index is -1.07. The molecular weight excluding hydrogens is 468 g/mol. The van der Waals surface area contributed by atoms with Crippen molar-refractivity contribution >= 4 is 23.8 Å². The van der Waals surface area contributed by atoms with Crippen molar-refractivity contribution in [3.8, 4) is 0 Å². The quantitative estimate of drug-likeness (QED) is 0.361. The molecule has 0 aliphatic carbocycles. The molecule has 0 unspecified atom stereocenters. The maximum Gasteiger partial charge on any atom is 0.408 e. The molecule has 2 heterocycles. The number of ether oxygens (including phenoxy) is 2. The zero-order valence-corrected chi connectivity index (χ0v) is 22.7. The molecule has 2 rings (SSSR count). The second-order valence-corrected chi connectivity index (χ2v) is 11.6. The van der Waals surface area contributed by atoms with Gasteiger partial charge in [0.15, 0.2) is 0 Å². The van der Waals surface area contributed by atoms with Gasteiger partial charge in [0, 0.05) is 19.0 Å². The number of alkyl carbamates (subject to hydrolysis) is 1. The van der Waals surface area contributed by atoms with Gasteiger partial charge in [-0.1, -0.05) is 0 Å².